The Bertz CT molecular complexity index is 817. The number of carboxylic acid groups (broad SMARTS) is 1. The number of fused-ring (bicyclic) bond motifs is 1. The Morgan fingerprint density at radius 2 is 1.73 bits per heavy atom. The summed E-state index contributed by atoms with van der Waals surface area (Å²) in [5, 5.41) is 11.8. The fourth-order valence-electron chi connectivity index (χ4n) is 2.64. The number of benzene rings is 2. The van der Waals surface area contributed by atoms with Gasteiger partial charge in [-0.2, -0.15) is 0 Å². The molecule has 0 saturated heterocycles. The number of quaternary nitrogens is 1. The van der Waals surface area contributed by atoms with E-state index in [2.05, 4.69) is 43.3 Å². The van der Waals surface area contributed by atoms with Crippen molar-refractivity contribution in [3.63, 3.8) is 0 Å². The second-order valence-corrected chi connectivity index (χ2v) is 5.85. The van der Waals surface area contributed by atoms with Gasteiger partial charge in [-0.3, -0.25) is 0 Å². The Hall–Kier alpha value is -2.59. The quantitative estimate of drug-likeness (QED) is 0.749. The molecule has 0 atom stereocenters. The van der Waals surface area contributed by atoms with E-state index in [1.807, 2.05) is 18.2 Å². The molecule has 3 rings (SSSR count). The number of carbonyl (C=O) groups is 1. The molecule has 0 fully saturated rings. The maximum Gasteiger partial charge on any atom is 0.102 e. The van der Waals surface area contributed by atoms with Crippen LogP contribution in [0.15, 0.2) is 48.5 Å². The van der Waals surface area contributed by atoms with Crippen LogP contribution in [-0.4, -0.2) is 25.0 Å². The number of rotatable bonds is 4. The molecule has 0 spiro atoms. The molecule has 0 aliphatic rings. The minimum Gasteiger partial charge on any atom is -0.543 e. The van der Waals surface area contributed by atoms with Crippen LogP contribution in [0, 0.1) is 0 Å². The molecular formula is C18H18N2O2. The zero-order valence-electron chi connectivity index (χ0n) is 12.6. The lowest BCUT2D eigenvalue weighted by atomic mass is 10.0. The van der Waals surface area contributed by atoms with E-state index >= 15 is 0 Å². The minimum atomic E-state index is -1.19. The number of H-pyrrole nitrogens is 1. The van der Waals surface area contributed by atoms with E-state index in [1.165, 1.54) is 10.5 Å². The average Bonchev–Trinajstić information content (AvgIpc) is 2.90. The SMILES string of the molecule is C[NH+](C)Cc1ccc(-c2ccc3cc(C(=O)[O-])[nH]c3c2)cc1. The molecule has 0 amide bonds. The van der Waals surface area contributed by atoms with E-state index in [0.717, 1.165) is 28.6 Å². The first-order valence-corrected chi connectivity index (χ1v) is 7.25. The summed E-state index contributed by atoms with van der Waals surface area (Å²) < 4.78 is 0. The summed E-state index contributed by atoms with van der Waals surface area (Å²) in [6.45, 7) is 0.991. The number of hydrogen-bond acceptors (Lipinski definition) is 2. The zero-order chi connectivity index (χ0) is 15.7. The second kappa shape index (κ2) is 5.66. The molecular weight excluding hydrogens is 276 g/mol. The fraction of sp³-hybridized carbons (Fsp3) is 0.167. The van der Waals surface area contributed by atoms with Crippen molar-refractivity contribution in [2.45, 2.75) is 6.54 Å². The summed E-state index contributed by atoms with van der Waals surface area (Å²) in [6.07, 6.45) is 0. The normalized spacial score (nSPS) is 11.2. The predicted molar refractivity (Wildman–Crippen MR) is 84.6 cm³/mol. The van der Waals surface area contributed by atoms with Gasteiger partial charge < -0.3 is 19.8 Å². The van der Waals surface area contributed by atoms with Gasteiger partial charge in [-0.05, 0) is 23.3 Å². The molecule has 22 heavy (non-hydrogen) atoms. The smallest absolute Gasteiger partial charge is 0.102 e. The van der Waals surface area contributed by atoms with Crippen LogP contribution in [0.1, 0.15) is 16.1 Å². The molecule has 4 nitrogen and oxygen atoms in total. The fourth-order valence-corrected chi connectivity index (χ4v) is 2.64. The van der Waals surface area contributed by atoms with Crippen molar-refractivity contribution >= 4 is 16.9 Å². The largest absolute Gasteiger partial charge is 0.543 e. The van der Waals surface area contributed by atoms with Crippen molar-refractivity contribution in [1.29, 1.82) is 0 Å². The predicted octanol–water partition coefficient (Wildman–Crippen LogP) is 0.843. The van der Waals surface area contributed by atoms with Gasteiger partial charge in [-0.1, -0.05) is 36.4 Å². The molecule has 0 bridgehead atoms. The van der Waals surface area contributed by atoms with Crippen LogP contribution < -0.4 is 10.0 Å². The number of carboxylic acids is 1. The summed E-state index contributed by atoms with van der Waals surface area (Å²) in [4.78, 5) is 15.2. The Morgan fingerprint density at radius 3 is 2.36 bits per heavy atom. The third-order valence-corrected chi connectivity index (χ3v) is 3.69. The van der Waals surface area contributed by atoms with E-state index in [4.69, 9.17) is 0 Å². The molecule has 4 heteroatoms. The molecule has 2 N–H and O–H groups in total. The maximum absolute atomic E-state index is 10.9. The van der Waals surface area contributed by atoms with Gasteiger partial charge in [0, 0.05) is 16.5 Å². The number of nitrogens with one attached hydrogen (secondary N) is 2. The first kappa shape index (κ1) is 14.4. The highest BCUT2D eigenvalue weighted by molar-refractivity contribution is 5.94. The van der Waals surface area contributed by atoms with E-state index in [0.29, 0.717) is 0 Å². The van der Waals surface area contributed by atoms with Crippen molar-refractivity contribution in [2.75, 3.05) is 14.1 Å². The lowest BCUT2D eigenvalue weighted by molar-refractivity contribution is -0.872. The molecule has 0 saturated carbocycles. The summed E-state index contributed by atoms with van der Waals surface area (Å²) >= 11 is 0. The maximum atomic E-state index is 10.9. The zero-order valence-corrected chi connectivity index (χ0v) is 12.6. The Morgan fingerprint density at radius 1 is 1.05 bits per heavy atom. The van der Waals surface area contributed by atoms with Gasteiger partial charge in [0.1, 0.15) is 6.54 Å². The van der Waals surface area contributed by atoms with E-state index in [9.17, 15) is 9.90 Å². The van der Waals surface area contributed by atoms with Crippen LogP contribution in [0.5, 0.6) is 0 Å². The van der Waals surface area contributed by atoms with Crippen molar-refractivity contribution in [2.24, 2.45) is 0 Å². The van der Waals surface area contributed by atoms with Crippen molar-refractivity contribution in [3.05, 3.63) is 59.8 Å². The number of aromatic nitrogens is 1. The minimum absolute atomic E-state index is 0.108. The van der Waals surface area contributed by atoms with Crippen LogP contribution in [0.3, 0.4) is 0 Å². The summed E-state index contributed by atoms with van der Waals surface area (Å²) in [5.74, 6) is -1.19. The van der Waals surface area contributed by atoms with E-state index in [1.54, 1.807) is 6.07 Å². The number of carbonyl (C=O) groups excluding carboxylic acids is 1. The van der Waals surface area contributed by atoms with Gasteiger partial charge >= 0.3 is 0 Å². The molecule has 0 radical (unpaired) electrons. The van der Waals surface area contributed by atoms with Crippen LogP contribution in [0.4, 0.5) is 0 Å². The van der Waals surface area contributed by atoms with Crippen molar-refractivity contribution in [3.8, 4) is 11.1 Å². The van der Waals surface area contributed by atoms with Crippen molar-refractivity contribution in [1.82, 2.24) is 4.98 Å². The van der Waals surface area contributed by atoms with Gasteiger partial charge in [-0.15, -0.1) is 0 Å². The van der Waals surface area contributed by atoms with Gasteiger partial charge in [0.15, 0.2) is 0 Å². The Kier molecular flexibility index (Phi) is 3.69. The molecule has 3 aromatic rings. The highest BCUT2D eigenvalue weighted by Gasteiger charge is 2.05. The second-order valence-electron chi connectivity index (χ2n) is 5.85. The van der Waals surface area contributed by atoms with Crippen LogP contribution in [0.25, 0.3) is 22.0 Å². The molecule has 112 valence electrons. The first-order chi connectivity index (χ1) is 10.5. The van der Waals surface area contributed by atoms with Crippen LogP contribution in [-0.2, 0) is 6.54 Å². The van der Waals surface area contributed by atoms with Crippen LogP contribution in [0.2, 0.25) is 0 Å². The van der Waals surface area contributed by atoms with E-state index < -0.39 is 5.97 Å². The van der Waals surface area contributed by atoms with Gasteiger partial charge in [0.2, 0.25) is 0 Å². The third-order valence-electron chi connectivity index (χ3n) is 3.69. The molecule has 1 aromatic heterocycles. The molecule has 2 aromatic carbocycles. The molecule has 0 unspecified atom stereocenters. The highest BCUT2D eigenvalue weighted by Crippen LogP contribution is 2.25. The summed E-state index contributed by atoms with van der Waals surface area (Å²) in [6, 6.07) is 15.9. The lowest BCUT2D eigenvalue weighted by Crippen LogP contribution is -3.04. The number of hydrogen-bond donors (Lipinski definition) is 2. The monoisotopic (exact) mass is 294 g/mol. The van der Waals surface area contributed by atoms with E-state index in [-0.39, 0.29) is 5.69 Å². The average molecular weight is 294 g/mol. The molecule has 0 aliphatic heterocycles. The number of aromatic carboxylic acids is 1. The molecule has 1 heterocycles. The summed E-state index contributed by atoms with van der Waals surface area (Å²) in [7, 11) is 4.25. The number of aromatic amines is 1. The van der Waals surface area contributed by atoms with Gasteiger partial charge in [-0.25, -0.2) is 0 Å². The Balaban J connectivity index is 1.94. The van der Waals surface area contributed by atoms with Crippen molar-refractivity contribution < 1.29 is 14.8 Å². The summed E-state index contributed by atoms with van der Waals surface area (Å²) in [5.41, 5.74) is 4.38. The lowest BCUT2D eigenvalue weighted by Gasteiger charge is -2.08. The third kappa shape index (κ3) is 2.87. The molecule has 0 aliphatic carbocycles. The first-order valence-electron chi connectivity index (χ1n) is 7.25. The topological polar surface area (TPSA) is 60.4 Å². The van der Waals surface area contributed by atoms with Gasteiger partial charge in [0.25, 0.3) is 0 Å². The standard InChI is InChI=1S/C18H18N2O2/c1-20(2)11-12-3-5-13(6-4-12)14-7-8-15-10-17(18(21)22)19-16(15)9-14/h3-10,19H,11H2,1-2H3,(H,21,22). The highest BCUT2D eigenvalue weighted by atomic mass is 16.4. The Labute approximate surface area is 129 Å². The van der Waals surface area contributed by atoms with Crippen LogP contribution >= 0.6 is 0 Å². The van der Waals surface area contributed by atoms with Gasteiger partial charge in [0.05, 0.1) is 25.8 Å².